The van der Waals surface area contributed by atoms with Crippen LogP contribution in [0.2, 0.25) is 0 Å². The normalized spacial score (nSPS) is 12.8. The summed E-state index contributed by atoms with van der Waals surface area (Å²) in [5, 5.41) is 0. The molecule has 4 rings (SSSR count). The van der Waals surface area contributed by atoms with Crippen LogP contribution in [-0.2, 0) is 36.1 Å². The van der Waals surface area contributed by atoms with Gasteiger partial charge < -0.3 is 38.1 Å². The van der Waals surface area contributed by atoms with E-state index in [4.69, 9.17) is 18.5 Å². The lowest BCUT2D eigenvalue weighted by Crippen LogP contribution is -2.56. The van der Waals surface area contributed by atoms with Gasteiger partial charge in [-0.2, -0.15) is 0 Å². The number of hydrogen-bond acceptors (Lipinski definition) is 8. The topological polar surface area (TPSA) is 118 Å². The van der Waals surface area contributed by atoms with E-state index in [0.29, 0.717) is 6.42 Å². The van der Waals surface area contributed by atoms with Crippen molar-refractivity contribution >= 4 is 17.2 Å². The monoisotopic (exact) mass is 638 g/mol. The van der Waals surface area contributed by atoms with E-state index in [1.165, 1.54) is 0 Å². The summed E-state index contributed by atoms with van der Waals surface area (Å²) < 4.78 is 24.1. The Hall–Kier alpha value is -2.84. The first-order valence-corrected chi connectivity index (χ1v) is 16.4. The van der Waals surface area contributed by atoms with Crippen LogP contribution >= 0.6 is 17.2 Å². The molecule has 0 amide bonds. The zero-order chi connectivity index (χ0) is 31.7. The molecule has 0 saturated carbocycles. The molecule has 234 valence electrons. The Labute approximate surface area is 262 Å². The van der Waals surface area contributed by atoms with Gasteiger partial charge in [0.05, 0.1) is 26.4 Å². The summed E-state index contributed by atoms with van der Waals surface area (Å²) in [4.78, 5) is 37.6. The van der Waals surface area contributed by atoms with Crippen molar-refractivity contribution < 1.29 is 38.1 Å². The zero-order valence-corrected chi connectivity index (χ0v) is 26.5. The second kappa shape index (κ2) is 18.8. The lowest BCUT2D eigenvalue weighted by Gasteiger charge is -2.51. The first kappa shape index (κ1) is 35.6. The Morgan fingerprint density at radius 1 is 0.568 bits per heavy atom. The SMILES string of the molecule is C=CC.OP(O)OCCOC(Cc1ccccc1)(c1ccccc1)C(OCCOP(O)O)(c1ccccc1)c1ccccc1. The minimum Gasteiger partial charge on any atom is -0.364 e. The molecule has 4 N–H and O–H groups in total. The third kappa shape index (κ3) is 9.58. The molecular weight excluding hydrogens is 598 g/mol. The van der Waals surface area contributed by atoms with Crippen molar-refractivity contribution in [2.75, 3.05) is 26.4 Å². The highest BCUT2D eigenvalue weighted by molar-refractivity contribution is 7.39. The smallest absolute Gasteiger partial charge is 0.327 e. The van der Waals surface area contributed by atoms with Crippen molar-refractivity contribution in [1.29, 1.82) is 0 Å². The van der Waals surface area contributed by atoms with Gasteiger partial charge in [0.1, 0.15) is 5.60 Å². The first-order valence-electron chi connectivity index (χ1n) is 14.1. The average Bonchev–Trinajstić information content (AvgIpc) is 3.05. The molecule has 0 bridgehead atoms. The molecule has 10 heteroatoms. The van der Waals surface area contributed by atoms with Gasteiger partial charge in [0.2, 0.25) is 0 Å². The van der Waals surface area contributed by atoms with Gasteiger partial charge >= 0.3 is 17.2 Å². The molecule has 1 unspecified atom stereocenters. The van der Waals surface area contributed by atoms with E-state index < -0.39 is 28.4 Å². The highest BCUT2D eigenvalue weighted by atomic mass is 31.2. The molecule has 0 aromatic heterocycles. The molecule has 44 heavy (non-hydrogen) atoms. The molecule has 0 aliphatic rings. The Kier molecular flexibility index (Phi) is 15.3. The Balaban J connectivity index is 0.00000169. The van der Waals surface area contributed by atoms with Gasteiger partial charge in [-0.05, 0) is 29.2 Å². The summed E-state index contributed by atoms with van der Waals surface area (Å²) in [6, 6.07) is 39.1. The van der Waals surface area contributed by atoms with Crippen molar-refractivity contribution in [1.82, 2.24) is 0 Å². The van der Waals surface area contributed by atoms with Crippen LogP contribution in [0.1, 0.15) is 29.2 Å². The van der Waals surface area contributed by atoms with Crippen molar-refractivity contribution in [2.45, 2.75) is 24.5 Å². The van der Waals surface area contributed by atoms with E-state index in [1.807, 2.05) is 128 Å². The van der Waals surface area contributed by atoms with Crippen molar-refractivity contribution in [3.05, 3.63) is 156 Å². The van der Waals surface area contributed by atoms with E-state index in [2.05, 4.69) is 6.58 Å². The molecule has 0 saturated heterocycles. The minimum atomic E-state index is -2.56. The van der Waals surface area contributed by atoms with Crippen LogP contribution < -0.4 is 0 Å². The average molecular weight is 639 g/mol. The minimum absolute atomic E-state index is 0.00551. The maximum atomic E-state index is 9.40. The Bertz CT molecular complexity index is 1290. The number of benzene rings is 4. The van der Waals surface area contributed by atoms with Gasteiger partial charge in [-0.15, -0.1) is 6.58 Å². The summed E-state index contributed by atoms with van der Waals surface area (Å²) in [5.74, 6) is 0. The fourth-order valence-corrected chi connectivity index (χ4v) is 5.64. The lowest BCUT2D eigenvalue weighted by molar-refractivity contribution is -0.208. The van der Waals surface area contributed by atoms with Gasteiger partial charge in [0.25, 0.3) is 0 Å². The standard InChI is InChI=1S/C31H34O8P2.C3H6/c32-40(33)38-23-21-36-30(27-15-7-2-8-16-27,25-26-13-5-1-6-14-26)31(28-17-9-3-10-18-28,29-19-11-4-12-20-29)37-22-24-39-41(34)35;1-3-2/h1-20,32-35H,21-25H2;3H,1H2,2H3. The summed E-state index contributed by atoms with van der Waals surface area (Å²) in [6.07, 6.45) is 2.11. The fraction of sp³-hybridized carbons (Fsp3) is 0.235. The molecule has 4 aromatic carbocycles. The van der Waals surface area contributed by atoms with E-state index in [-0.39, 0.29) is 26.4 Å². The van der Waals surface area contributed by atoms with Gasteiger partial charge in [0.15, 0.2) is 5.60 Å². The van der Waals surface area contributed by atoms with Crippen molar-refractivity contribution in [2.24, 2.45) is 0 Å². The summed E-state index contributed by atoms with van der Waals surface area (Å²) in [6.45, 7) is 5.13. The molecule has 0 spiro atoms. The maximum absolute atomic E-state index is 9.40. The van der Waals surface area contributed by atoms with Gasteiger partial charge in [-0.25, -0.2) is 0 Å². The van der Waals surface area contributed by atoms with Gasteiger partial charge in [0, 0.05) is 6.42 Å². The second-order valence-electron chi connectivity index (χ2n) is 9.55. The molecule has 8 nitrogen and oxygen atoms in total. The molecule has 0 fully saturated rings. The molecule has 4 aromatic rings. The van der Waals surface area contributed by atoms with Gasteiger partial charge in [-0.3, -0.25) is 0 Å². The quantitative estimate of drug-likeness (QED) is 0.0605. The van der Waals surface area contributed by atoms with Crippen molar-refractivity contribution in [3.63, 3.8) is 0 Å². The molecular formula is C34H40O8P2. The number of ether oxygens (including phenoxy) is 2. The van der Waals surface area contributed by atoms with Crippen LogP contribution in [0, 0.1) is 0 Å². The van der Waals surface area contributed by atoms with Crippen LogP contribution in [-0.4, -0.2) is 46.0 Å². The lowest BCUT2D eigenvalue weighted by atomic mass is 9.66. The zero-order valence-electron chi connectivity index (χ0n) is 24.7. The highest BCUT2D eigenvalue weighted by Crippen LogP contribution is 2.53. The molecule has 0 aliphatic heterocycles. The van der Waals surface area contributed by atoms with E-state index in [1.54, 1.807) is 6.08 Å². The van der Waals surface area contributed by atoms with E-state index in [0.717, 1.165) is 22.3 Å². The predicted octanol–water partition coefficient (Wildman–Crippen LogP) is 6.75. The van der Waals surface area contributed by atoms with Crippen molar-refractivity contribution in [3.8, 4) is 0 Å². The third-order valence-electron chi connectivity index (χ3n) is 6.71. The summed E-state index contributed by atoms with van der Waals surface area (Å²) in [7, 11) is -5.12. The number of allylic oxidation sites excluding steroid dienone is 1. The van der Waals surface area contributed by atoms with Crippen LogP contribution in [0.3, 0.4) is 0 Å². The largest absolute Gasteiger partial charge is 0.364 e. The summed E-state index contributed by atoms with van der Waals surface area (Å²) >= 11 is 0. The molecule has 0 radical (unpaired) electrons. The third-order valence-corrected chi connectivity index (χ3v) is 7.54. The Morgan fingerprint density at radius 3 is 1.34 bits per heavy atom. The molecule has 0 aliphatic carbocycles. The number of hydrogen-bond donors (Lipinski definition) is 4. The Morgan fingerprint density at radius 2 is 0.932 bits per heavy atom. The molecule has 1 atom stereocenters. The first-order chi connectivity index (χ1) is 21.4. The number of rotatable bonds is 16. The fourth-order valence-electron chi connectivity index (χ4n) is 5.17. The predicted molar refractivity (Wildman–Crippen MR) is 174 cm³/mol. The van der Waals surface area contributed by atoms with Crippen LogP contribution in [0.5, 0.6) is 0 Å². The van der Waals surface area contributed by atoms with Gasteiger partial charge in [-0.1, -0.05) is 127 Å². The van der Waals surface area contributed by atoms with Crippen LogP contribution in [0.15, 0.2) is 134 Å². The maximum Gasteiger partial charge on any atom is 0.327 e. The highest BCUT2D eigenvalue weighted by Gasteiger charge is 2.57. The van der Waals surface area contributed by atoms with Crippen LogP contribution in [0.25, 0.3) is 0 Å². The molecule has 0 heterocycles. The summed E-state index contributed by atoms with van der Waals surface area (Å²) in [5.41, 5.74) is 0.863. The van der Waals surface area contributed by atoms with E-state index in [9.17, 15) is 19.6 Å². The van der Waals surface area contributed by atoms with Crippen LogP contribution in [0.4, 0.5) is 0 Å². The van der Waals surface area contributed by atoms with E-state index >= 15 is 0 Å². The second-order valence-corrected chi connectivity index (χ2v) is 11.1.